The zero-order chi connectivity index (χ0) is 15.4. The normalized spacial score (nSPS) is 18.2. The lowest BCUT2D eigenvalue weighted by Crippen LogP contribution is -2.18. The van der Waals surface area contributed by atoms with Gasteiger partial charge in [0.1, 0.15) is 18.6 Å². The van der Waals surface area contributed by atoms with E-state index < -0.39 is 0 Å². The Morgan fingerprint density at radius 3 is 2.77 bits per heavy atom. The van der Waals surface area contributed by atoms with Crippen LogP contribution in [-0.2, 0) is 11.3 Å². The molecular formula is C17H22N2O3. The smallest absolute Gasteiger partial charge is 0.236 e. The minimum absolute atomic E-state index is 0.0470. The van der Waals surface area contributed by atoms with Gasteiger partial charge < -0.3 is 14.2 Å². The molecule has 0 aliphatic carbocycles. The van der Waals surface area contributed by atoms with Gasteiger partial charge in [0.05, 0.1) is 7.11 Å². The number of hydrogen-bond acceptors (Lipinski definition) is 4. The third kappa shape index (κ3) is 3.42. The lowest BCUT2D eigenvalue weighted by molar-refractivity contribution is -0.0400. The molecule has 0 N–H and O–H groups in total. The van der Waals surface area contributed by atoms with Gasteiger partial charge in [-0.2, -0.15) is 0 Å². The van der Waals surface area contributed by atoms with Gasteiger partial charge in [-0.25, -0.2) is 4.68 Å². The van der Waals surface area contributed by atoms with Gasteiger partial charge >= 0.3 is 0 Å². The first-order valence-electron chi connectivity index (χ1n) is 7.69. The van der Waals surface area contributed by atoms with Crippen molar-refractivity contribution in [1.29, 1.82) is 0 Å². The molecule has 2 heterocycles. The lowest BCUT2D eigenvalue weighted by atomic mass is 10.2. The Labute approximate surface area is 130 Å². The van der Waals surface area contributed by atoms with Crippen molar-refractivity contribution >= 4 is 0 Å². The molecule has 1 saturated heterocycles. The second-order valence-corrected chi connectivity index (χ2v) is 5.56. The van der Waals surface area contributed by atoms with Crippen LogP contribution in [0.15, 0.2) is 30.5 Å². The molecule has 1 aliphatic heterocycles. The van der Waals surface area contributed by atoms with E-state index >= 15 is 0 Å². The number of aromatic nitrogens is 2. The molecule has 2 aromatic rings. The fraction of sp³-hybridized carbons (Fsp3) is 0.471. The largest absolute Gasteiger partial charge is 0.497 e. The van der Waals surface area contributed by atoms with E-state index in [1.165, 1.54) is 6.42 Å². The van der Waals surface area contributed by atoms with Crippen LogP contribution in [0, 0.1) is 6.92 Å². The topological polar surface area (TPSA) is 45.5 Å². The second-order valence-electron chi connectivity index (χ2n) is 5.56. The van der Waals surface area contributed by atoms with Gasteiger partial charge in [-0.3, -0.25) is 0 Å². The van der Waals surface area contributed by atoms with Crippen molar-refractivity contribution < 1.29 is 14.2 Å². The average molecular weight is 302 g/mol. The Kier molecular flexibility index (Phi) is 4.63. The Hall–Kier alpha value is -2.01. The first-order valence-corrected chi connectivity index (χ1v) is 7.69. The van der Waals surface area contributed by atoms with Crippen molar-refractivity contribution in [3.8, 4) is 11.6 Å². The summed E-state index contributed by atoms with van der Waals surface area (Å²) in [7, 11) is 1.66. The second kappa shape index (κ2) is 6.83. The number of ether oxygens (including phenoxy) is 3. The number of aryl methyl sites for hydroxylation is 1. The first-order chi connectivity index (χ1) is 10.8. The van der Waals surface area contributed by atoms with E-state index in [0.29, 0.717) is 12.5 Å². The average Bonchev–Trinajstić information content (AvgIpc) is 2.95. The lowest BCUT2D eigenvalue weighted by Gasteiger charge is -2.22. The highest BCUT2D eigenvalue weighted by Crippen LogP contribution is 2.25. The van der Waals surface area contributed by atoms with Crippen LogP contribution in [-0.4, -0.2) is 23.5 Å². The van der Waals surface area contributed by atoms with Crippen molar-refractivity contribution in [1.82, 2.24) is 9.78 Å². The molecule has 5 nitrogen and oxygen atoms in total. The van der Waals surface area contributed by atoms with Crippen LogP contribution in [0.5, 0.6) is 11.6 Å². The Balaban J connectivity index is 1.63. The SMILES string of the molecule is COc1ccc(COc2nn(C3CCCCO3)cc2C)cc1. The van der Waals surface area contributed by atoms with E-state index in [9.17, 15) is 0 Å². The van der Waals surface area contributed by atoms with Crippen molar-refractivity contribution in [3.63, 3.8) is 0 Å². The van der Waals surface area contributed by atoms with Gasteiger partial charge in [0.15, 0.2) is 0 Å². The van der Waals surface area contributed by atoms with Gasteiger partial charge in [-0.1, -0.05) is 12.1 Å². The highest BCUT2D eigenvalue weighted by atomic mass is 16.5. The summed E-state index contributed by atoms with van der Waals surface area (Å²) in [4.78, 5) is 0. The summed E-state index contributed by atoms with van der Waals surface area (Å²) in [6, 6.07) is 7.85. The fourth-order valence-electron chi connectivity index (χ4n) is 2.56. The summed E-state index contributed by atoms with van der Waals surface area (Å²) in [5, 5.41) is 4.53. The van der Waals surface area contributed by atoms with Crippen LogP contribution in [0.25, 0.3) is 0 Å². The molecule has 1 unspecified atom stereocenters. The molecule has 1 atom stereocenters. The van der Waals surface area contributed by atoms with Crippen LogP contribution in [0.1, 0.15) is 36.6 Å². The number of rotatable bonds is 5. The third-order valence-corrected chi connectivity index (χ3v) is 3.85. The number of methoxy groups -OCH3 is 1. The molecule has 0 amide bonds. The maximum absolute atomic E-state index is 5.84. The molecule has 1 aromatic carbocycles. The Bertz CT molecular complexity index is 601. The van der Waals surface area contributed by atoms with Crippen LogP contribution >= 0.6 is 0 Å². The van der Waals surface area contributed by atoms with E-state index in [1.807, 2.05) is 42.1 Å². The Morgan fingerprint density at radius 1 is 1.27 bits per heavy atom. The van der Waals surface area contributed by atoms with Crippen molar-refractivity contribution in [2.75, 3.05) is 13.7 Å². The molecule has 0 radical (unpaired) electrons. The van der Waals surface area contributed by atoms with E-state index in [-0.39, 0.29) is 6.23 Å². The van der Waals surface area contributed by atoms with Gasteiger partial charge in [0, 0.05) is 18.4 Å². The maximum atomic E-state index is 5.84. The van der Waals surface area contributed by atoms with Gasteiger partial charge in [-0.05, 0) is 43.9 Å². The number of benzene rings is 1. The number of hydrogen-bond donors (Lipinski definition) is 0. The van der Waals surface area contributed by atoms with E-state index in [1.54, 1.807) is 7.11 Å². The summed E-state index contributed by atoms with van der Waals surface area (Å²) >= 11 is 0. The fourth-order valence-corrected chi connectivity index (χ4v) is 2.56. The first kappa shape index (κ1) is 14.9. The summed E-state index contributed by atoms with van der Waals surface area (Å²) in [6.45, 7) is 3.31. The van der Waals surface area contributed by atoms with Gasteiger partial charge in [0.25, 0.3) is 0 Å². The van der Waals surface area contributed by atoms with Gasteiger partial charge in [-0.15, -0.1) is 5.10 Å². The summed E-state index contributed by atoms with van der Waals surface area (Å²) < 4.78 is 18.6. The van der Waals surface area contributed by atoms with E-state index in [0.717, 1.165) is 36.3 Å². The molecule has 0 saturated carbocycles. The molecule has 0 spiro atoms. The molecule has 118 valence electrons. The zero-order valence-corrected chi connectivity index (χ0v) is 13.1. The van der Waals surface area contributed by atoms with Crippen LogP contribution in [0.4, 0.5) is 0 Å². The Morgan fingerprint density at radius 2 is 2.09 bits per heavy atom. The molecule has 3 rings (SSSR count). The predicted molar refractivity (Wildman–Crippen MR) is 83.1 cm³/mol. The minimum atomic E-state index is 0.0470. The highest BCUT2D eigenvalue weighted by molar-refractivity contribution is 5.27. The minimum Gasteiger partial charge on any atom is -0.497 e. The van der Waals surface area contributed by atoms with Crippen molar-refractivity contribution in [3.05, 3.63) is 41.6 Å². The van der Waals surface area contributed by atoms with Gasteiger partial charge in [0.2, 0.25) is 5.88 Å². The summed E-state index contributed by atoms with van der Waals surface area (Å²) in [5.74, 6) is 1.52. The predicted octanol–water partition coefficient (Wildman–Crippen LogP) is 3.48. The quantitative estimate of drug-likeness (QED) is 0.848. The summed E-state index contributed by atoms with van der Waals surface area (Å²) in [6.07, 6.45) is 5.38. The molecule has 22 heavy (non-hydrogen) atoms. The van der Waals surface area contributed by atoms with Crippen LogP contribution in [0.2, 0.25) is 0 Å². The van der Waals surface area contributed by atoms with E-state index in [4.69, 9.17) is 14.2 Å². The summed E-state index contributed by atoms with van der Waals surface area (Å²) in [5.41, 5.74) is 2.12. The molecule has 1 aliphatic rings. The molecular weight excluding hydrogens is 280 g/mol. The van der Waals surface area contributed by atoms with Crippen LogP contribution < -0.4 is 9.47 Å². The molecule has 1 fully saturated rings. The van der Waals surface area contributed by atoms with Crippen molar-refractivity contribution in [2.24, 2.45) is 0 Å². The molecule has 1 aromatic heterocycles. The number of nitrogens with zero attached hydrogens (tertiary/aromatic N) is 2. The molecule has 5 heteroatoms. The zero-order valence-electron chi connectivity index (χ0n) is 13.1. The standard InChI is InChI=1S/C17H22N2O3/c1-13-11-19(16-5-3-4-10-21-16)18-17(13)22-12-14-6-8-15(20-2)9-7-14/h6-9,11,16H,3-5,10,12H2,1-2H3. The highest BCUT2D eigenvalue weighted by Gasteiger charge is 2.18. The van der Waals surface area contributed by atoms with Crippen molar-refractivity contribution in [2.45, 2.75) is 39.0 Å². The molecule has 0 bridgehead atoms. The van der Waals surface area contributed by atoms with E-state index in [2.05, 4.69) is 5.10 Å². The maximum Gasteiger partial charge on any atom is 0.236 e. The monoisotopic (exact) mass is 302 g/mol. The third-order valence-electron chi connectivity index (χ3n) is 3.85. The van der Waals surface area contributed by atoms with Crippen LogP contribution in [0.3, 0.4) is 0 Å².